The molecule has 0 aliphatic heterocycles. The minimum atomic E-state index is -0.369. The summed E-state index contributed by atoms with van der Waals surface area (Å²) in [7, 11) is 0. The molecule has 0 saturated heterocycles. The third-order valence-corrected chi connectivity index (χ3v) is 3.75. The van der Waals surface area contributed by atoms with Crippen LogP contribution in [0, 0.1) is 11.8 Å². The van der Waals surface area contributed by atoms with Gasteiger partial charge in [-0.25, -0.2) is 0 Å². The fraction of sp³-hybridized carbons (Fsp3) is 0.923. The van der Waals surface area contributed by atoms with Gasteiger partial charge in [-0.3, -0.25) is 4.79 Å². The maximum absolute atomic E-state index is 11.8. The third kappa shape index (κ3) is 3.78. The summed E-state index contributed by atoms with van der Waals surface area (Å²) in [5.74, 6) is 0.865. The Hall–Kier alpha value is -0.570. The molecule has 94 valence electrons. The lowest BCUT2D eigenvalue weighted by Crippen LogP contribution is -2.49. The quantitative estimate of drug-likeness (QED) is 0.771. The summed E-state index contributed by atoms with van der Waals surface area (Å²) in [5, 5.41) is 3.07. The Kier molecular flexibility index (Phi) is 5.26. The molecule has 3 nitrogen and oxygen atoms in total. The molecule has 2 atom stereocenters. The standard InChI is InChI=1S/C13H26N2O/c1-9(2)12(14)13(16)15-10(3)11-7-5-4-6-8-11/h9-12H,4-8,14H2,1-3H3,(H,15,16)/t10-,12+/m0/s1. The van der Waals surface area contributed by atoms with Gasteiger partial charge in [0, 0.05) is 6.04 Å². The van der Waals surface area contributed by atoms with Gasteiger partial charge >= 0.3 is 0 Å². The molecule has 16 heavy (non-hydrogen) atoms. The summed E-state index contributed by atoms with van der Waals surface area (Å²) in [6, 6.07) is -0.0939. The molecule has 1 aliphatic carbocycles. The average Bonchev–Trinajstić information content (AvgIpc) is 2.28. The van der Waals surface area contributed by atoms with Gasteiger partial charge in [0.05, 0.1) is 6.04 Å². The van der Waals surface area contributed by atoms with Crippen molar-refractivity contribution in [2.24, 2.45) is 17.6 Å². The summed E-state index contributed by atoms with van der Waals surface area (Å²) in [4.78, 5) is 11.8. The predicted octanol–water partition coefficient (Wildman–Crippen LogP) is 2.05. The number of carbonyl (C=O) groups is 1. The van der Waals surface area contributed by atoms with Crippen LogP contribution in [0.15, 0.2) is 0 Å². The van der Waals surface area contributed by atoms with E-state index in [4.69, 9.17) is 5.73 Å². The van der Waals surface area contributed by atoms with Gasteiger partial charge in [0.2, 0.25) is 5.91 Å². The van der Waals surface area contributed by atoms with Gasteiger partial charge in [-0.05, 0) is 31.6 Å². The van der Waals surface area contributed by atoms with E-state index in [0.29, 0.717) is 5.92 Å². The first-order valence-corrected chi connectivity index (χ1v) is 6.58. The molecule has 0 aromatic rings. The Morgan fingerprint density at radius 1 is 1.19 bits per heavy atom. The van der Waals surface area contributed by atoms with Crippen molar-refractivity contribution in [3.63, 3.8) is 0 Å². The Morgan fingerprint density at radius 2 is 1.75 bits per heavy atom. The van der Waals surface area contributed by atoms with Crippen molar-refractivity contribution in [1.29, 1.82) is 0 Å². The van der Waals surface area contributed by atoms with Crippen LogP contribution in [0.4, 0.5) is 0 Å². The van der Waals surface area contributed by atoms with E-state index in [-0.39, 0.29) is 23.9 Å². The first-order valence-electron chi connectivity index (χ1n) is 6.58. The molecule has 0 aromatic heterocycles. The van der Waals surface area contributed by atoms with Crippen molar-refractivity contribution in [3.05, 3.63) is 0 Å². The largest absolute Gasteiger partial charge is 0.352 e. The van der Waals surface area contributed by atoms with E-state index < -0.39 is 0 Å². The van der Waals surface area contributed by atoms with Gasteiger partial charge in [-0.15, -0.1) is 0 Å². The number of hydrogen-bond acceptors (Lipinski definition) is 2. The second kappa shape index (κ2) is 6.24. The van der Waals surface area contributed by atoms with E-state index in [2.05, 4.69) is 12.2 Å². The molecular weight excluding hydrogens is 200 g/mol. The molecule has 0 radical (unpaired) electrons. The highest BCUT2D eigenvalue weighted by atomic mass is 16.2. The van der Waals surface area contributed by atoms with E-state index in [0.717, 1.165) is 0 Å². The zero-order chi connectivity index (χ0) is 12.1. The summed E-state index contributed by atoms with van der Waals surface area (Å²) < 4.78 is 0. The van der Waals surface area contributed by atoms with E-state index in [9.17, 15) is 4.79 Å². The minimum absolute atomic E-state index is 0.00748. The first kappa shape index (κ1) is 13.5. The van der Waals surface area contributed by atoms with Crippen LogP contribution in [0.3, 0.4) is 0 Å². The second-order valence-corrected chi connectivity index (χ2v) is 5.47. The SMILES string of the molecule is CC(C)[C@@H](N)C(=O)N[C@@H](C)C1CCCCC1. The van der Waals surface area contributed by atoms with Gasteiger partial charge in [0.25, 0.3) is 0 Å². The number of rotatable bonds is 4. The van der Waals surface area contributed by atoms with Crippen LogP contribution >= 0.6 is 0 Å². The van der Waals surface area contributed by atoms with Gasteiger partial charge < -0.3 is 11.1 Å². The van der Waals surface area contributed by atoms with Crippen molar-refractivity contribution in [3.8, 4) is 0 Å². The molecule has 1 rings (SSSR count). The molecule has 0 spiro atoms. The number of amides is 1. The van der Waals surface area contributed by atoms with Gasteiger partial charge in [0.1, 0.15) is 0 Å². The third-order valence-electron chi connectivity index (χ3n) is 3.75. The zero-order valence-corrected chi connectivity index (χ0v) is 10.8. The Morgan fingerprint density at radius 3 is 2.25 bits per heavy atom. The highest BCUT2D eigenvalue weighted by Gasteiger charge is 2.24. The monoisotopic (exact) mass is 226 g/mol. The molecule has 3 heteroatoms. The Labute approximate surface area is 99.2 Å². The van der Waals surface area contributed by atoms with Crippen molar-refractivity contribution >= 4 is 5.91 Å². The van der Waals surface area contributed by atoms with Crippen molar-refractivity contribution < 1.29 is 4.79 Å². The van der Waals surface area contributed by atoms with Crippen molar-refractivity contribution in [2.45, 2.75) is 65.0 Å². The van der Waals surface area contributed by atoms with Crippen LogP contribution in [0.2, 0.25) is 0 Å². The maximum Gasteiger partial charge on any atom is 0.237 e. The highest BCUT2D eigenvalue weighted by molar-refractivity contribution is 5.81. The normalized spacial score (nSPS) is 21.8. The topological polar surface area (TPSA) is 55.1 Å². The molecule has 1 amide bonds. The van der Waals surface area contributed by atoms with Crippen LogP contribution in [0.25, 0.3) is 0 Å². The number of hydrogen-bond donors (Lipinski definition) is 2. The van der Waals surface area contributed by atoms with Crippen molar-refractivity contribution in [1.82, 2.24) is 5.32 Å². The predicted molar refractivity (Wildman–Crippen MR) is 67.0 cm³/mol. The van der Waals surface area contributed by atoms with E-state index in [1.165, 1.54) is 32.1 Å². The Balaban J connectivity index is 2.37. The molecule has 1 aliphatic rings. The van der Waals surface area contributed by atoms with Crippen LogP contribution in [-0.4, -0.2) is 18.0 Å². The molecule has 0 unspecified atom stereocenters. The number of nitrogens with two attached hydrogens (primary N) is 1. The minimum Gasteiger partial charge on any atom is -0.352 e. The summed E-state index contributed by atoms with van der Waals surface area (Å²) >= 11 is 0. The highest BCUT2D eigenvalue weighted by Crippen LogP contribution is 2.26. The van der Waals surface area contributed by atoms with Gasteiger partial charge in [0.15, 0.2) is 0 Å². The fourth-order valence-corrected chi connectivity index (χ4v) is 2.38. The lowest BCUT2D eigenvalue weighted by molar-refractivity contribution is -0.124. The molecule has 1 fully saturated rings. The molecule has 0 aromatic carbocycles. The molecule has 0 bridgehead atoms. The molecule has 0 heterocycles. The summed E-state index contributed by atoms with van der Waals surface area (Å²) in [6.45, 7) is 6.08. The average molecular weight is 226 g/mol. The lowest BCUT2D eigenvalue weighted by atomic mass is 9.84. The maximum atomic E-state index is 11.8. The van der Waals surface area contributed by atoms with E-state index in [1.54, 1.807) is 0 Å². The molecule has 3 N–H and O–H groups in total. The lowest BCUT2D eigenvalue weighted by Gasteiger charge is -2.29. The van der Waals surface area contributed by atoms with Crippen LogP contribution in [-0.2, 0) is 4.79 Å². The summed E-state index contributed by atoms with van der Waals surface area (Å²) in [6.07, 6.45) is 6.46. The van der Waals surface area contributed by atoms with Gasteiger partial charge in [-0.1, -0.05) is 33.1 Å². The van der Waals surface area contributed by atoms with E-state index in [1.807, 2.05) is 13.8 Å². The van der Waals surface area contributed by atoms with Gasteiger partial charge in [-0.2, -0.15) is 0 Å². The second-order valence-electron chi connectivity index (χ2n) is 5.47. The van der Waals surface area contributed by atoms with E-state index >= 15 is 0 Å². The zero-order valence-electron chi connectivity index (χ0n) is 10.8. The smallest absolute Gasteiger partial charge is 0.237 e. The van der Waals surface area contributed by atoms with Crippen molar-refractivity contribution in [2.75, 3.05) is 0 Å². The van der Waals surface area contributed by atoms with Crippen LogP contribution < -0.4 is 11.1 Å². The molecule has 1 saturated carbocycles. The molecular formula is C13H26N2O. The summed E-state index contributed by atoms with van der Waals surface area (Å²) in [5.41, 5.74) is 5.83. The fourth-order valence-electron chi connectivity index (χ4n) is 2.38. The number of nitrogens with one attached hydrogen (secondary N) is 1. The first-order chi connectivity index (χ1) is 7.52. The Bertz CT molecular complexity index is 222. The van der Waals surface area contributed by atoms with Crippen LogP contribution in [0.1, 0.15) is 52.9 Å². The number of carbonyl (C=O) groups excluding carboxylic acids is 1. The van der Waals surface area contributed by atoms with Crippen LogP contribution in [0.5, 0.6) is 0 Å².